The minimum Gasteiger partial charge on any atom is -0.460 e. The van der Waals surface area contributed by atoms with E-state index in [1.165, 1.54) is 6.08 Å². The van der Waals surface area contributed by atoms with Gasteiger partial charge in [-0.2, -0.15) is 15.1 Å². The van der Waals surface area contributed by atoms with Crippen LogP contribution in [0, 0.1) is 6.92 Å². The minimum atomic E-state index is -0.309. The largest absolute Gasteiger partial charge is 0.460 e. The summed E-state index contributed by atoms with van der Waals surface area (Å²) < 4.78 is 8.10. The molecule has 218 valence electrons. The van der Waals surface area contributed by atoms with Crippen LogP contribution in [0.4, 0.5) is 11.4 Å². The number of likely N-dealkylation sites (tertiary alicyclic amines) is 1. The van der Waals surface area contributed by atoms with Crippen molar-refractivity contribution in [2.75, 3.05) is 30.8 Å². The van der Waals surface area contributed by atoms with Gasteiger partial charge in [-0.3, -0.25) is 9.59 Å². The average Bonchev–Trinajstić information content (AvgIpc) is 3.39. The highest BCUT2D eigenvalue weighted by Crippen LogP contribution is 2.25. The summed E-state index contributed by atoms with van der Waals surface area (Å²) in [7, 11) is 2.12. The van der Waals surface area contributed by atoms with E-state index in [2.05, 4.69) is 54.2 Å². The van der Waals surface area contributed by atoms with Crippen LogP contribution in [0.2, 0.25) is 0 Å². The van der Waals surface area contributed by atoms with Crippen LogP contribution in [0.3, 0.4) is 0 Å². The molecule has 2 aromatic heterocycles. The summed E-state index contributed by atoms with van der Waals surface area (Å²) in [5.74, 6) is 0.404. The minimum absolute atomic E-state index is 0.0787. The number of fused-ring (bicyclic) bond motifs is 1. The third-order valence-electron chi connectivity index (χ3n) is 7.36. The monoisotopic (exact) mass is 567 g/mol. The normalized spacial score (nSPS) is 14.2. The third-order valence-corrected chi connectivity index (χ3v) is 7.36. The molecule has 0 saturated carbocycles. The van der Waals surface area contributed by atoms with Gasteiger partial charge in [0, 0.05) is 42.0 Å². The van der Waals surface area contributed by atoms with Crippen molar-refractivity contribution in [1.29, 1.82) is 0 Å². The smallest absolute Gasteiger partial charge is 0.320 e. The number of amides is 2. The van der Waals surface area contributed by atoms with Crippen molar-refractivity contribution in [2.45, 2.75) is 52.1 Å². The molecule has 10 heteroatoms. The lowest BCUT2D eigenvalue weighted by atomic mass is 10.1. The summed E-state index contributed by atoms with van der Waals surface area (Å²) in [6.45, 7) is 11.6. The fourth-order valence-corrected chi connectivity index (χ4v) is 5.08. The number of anilines is 2. The van der Waals surface area contributed by atoms with Crippen LogP contribution in [0.5, 0.6) is 6.01 Å². The van der Waals surface area contributed by atoms with Crippen LogP contribution < -0.4 is 15.4 Å². The topological polar surface area (TPSA) is 114 Å². The Morgan fingerprint density at radius 2 is 1.81 bits per heavy atom. The van der Waals surface area contributed by atoms with E-state index >= 15 is 0 Å². The van der Waals surface area contributed by atoms with Gasteiger partial charge in [0.05, 0.1) is 6.20 Å². The summed E-state index contributed by atoms with van der Waals surface area (Å²) >= 11 is 0. The van der Waals surface area contributed by atoms with Gasteiger partial charge in [0.2, 0.25) is 5.91 Å². The van der Waals surface area contributed by atoms with Crippen LogP contribution in [-0.4, -0.2) is 62.5 Å². The van der Waals surface area contributed by atoms with Crippen LogP contribution in [0.15, 0.2) is 61.3 Å². The van der Waals surface area contributed by atoms with E-state index in [9.17, 15) is 9.59 Å². The number of rotatable bonds is 9. The molecular weight excluding hydrogens is 530 g/mol. The number of hydrogen-bond acceptors (Lipinski definition) is 7. The first-order valence-corrected chi connectivity index (χ1v) is 14.2. The van der Waals surface area contributed by atoms with Gasteiger partial charge in [-0.1, -0.05) is 26.5 Å². The van der Waals surface area contributed by atoms with Gasteiger partial charge in [-0.15, -0.1) is 0 Å². The molecule has 4 aromatic rings. The summed E-state index contributed by atoms with van der Waals surface area (Å²) in [5.41, 5.74) is 5.51. The van der Waals surface area contributed by atoms with Crippen LogP contribution in [0.1, 0.15) is 65.5 Å². The Bertz CT molecular complexity index is 1600. The molecule has 1 aliphatic rings. The van der Waals surface area contributed by atoms with Gasteiger partial charge in [0.15, 0.2) is 5.65 Å². The molecule has 2 amide bonds. The fraction of sp³-hybridized carbons (Fsp3) is 0.344. The Hall–Kier alpha value is -4.57. The molecule has 42 heavy (non-hydrogen) atoms. The Kier molecular flexibility index (Phi) is 8.63. The van der Waals surface area contributed by atoms with E-state index in [0.717, 1.165) is 54.1 Å². The van der Waals surface area contributed by atoms with Crippen LogP contribution in [-0.2, 0) is 11.2 Å². The highest BCUT2D eigenvalue weighted by Gasteiger charge is 2.22. The molecule has 0 unspecified atom stereocenters. The maximum absolute atomic E-state index is 13.0. The number of piperidine rings is 1. The van der Waals surface area contributed by atoms with E-state index in [-0.39, 0.29) is 23.8 Å². The van der Waals surface area contributed by atoms with Gasteiger partial charge in [0.1, 0.15) is 11.9 Å². The number of ether oxygens (including phenoxy) is 1. The lowest BCUT2D eigenvalue weighted by molar-refractivity contribution is -0.111. The number of carbonyl (C=O) groups excluding carboxylic acids is 2. The number of aryl methyl sites for hydroxylation is 1. The van der Waals surface area contributed by atoms with E-state index in [1.807, 2.05) is 25.3 Å². The predicted molar refractivity (Wildman–Crippen MR) is 163 cm³/mol. The summed E-state index contributed by atoms with van der Waals surface area (Å²) in [6.07, 6.45) is 5.47. The Morgan fingerprint density at radius 3 is 2.50 bits per heavy atom. The number of nitrogens with zero attached hydrogens (tertiary/aromatic N) is 5. The molecule has 0 spiro atoms. The molecule has 1 aliphatic heterocycles. The highest BCUT2D eigenvalue weighted by molar-refractivity contribution is 6.05. The number of hydrogen-bond donors (Lipinski definition) is 2. The van der Waals surface area contributed by atoms with Crippen molar-refractivity contribution in [3.8, 4) is 6.01 Å². The van der Waals surface area contributed by atoms with Crippen molar-refractivity contribution in [3.05, 3.63) is 89.4 Å². The van der Waals surface area contributed by atoms with Crippen molar-refractivity contribution >= 4 is 28.8 Å². The SMILES string of the molecule is C=CC(=O)Nc1ccc(C(=O)Nc2cc(C)cc(Cc3nc(OC4CCN(C)CC4)nc4c(C(C)C)cnn34)c2)cc1. The zero-order valence-electron chi connectivity index (χ0n) is 24.6. The molecule has 0 bridgehead atoms. The fourth-order valence-electron chi connectivity index (χ4n) is 5.08. The third kappa shape index (κ3) is 6.83. The average molecular weight is 568 g/mol. The maximum atomic E-state index is 13.0. The second-order valence-corrected chi connectivity index (χ2v) is 11.1. The zero-order chi connectivity index (χ0) is 29.8. The van der Waals surface area contributed by atoms with Crippen LogP contribution >= 0.6 is 0 Å². The summed E-state index contributed by atoms with van der Waals surface area (Å²) in [4.78, 5) is 36.4. The van der Waals surface area contributed by atoms with Crippen molar-refractivity contribution in [3.63, 3.8) is 0 Å². The maximum Gasteiger partial charge on any atom is 0.320 e. The zero-order valence-corrected chi connectivity index (χ0v) is 24.6. The number of benzene rings is 2. The molecule has 3 heterocycles. The Morgan fingerprint density at radius 1 is 1.07 bits per heavy atom. The Labute approximate surface area is 245 Å². The first-order valence-electron chi connectivity index (χ1n) is 14.2. The van der Waals surface area contributed by atoms with Crippen molar-refractivity contribution < 1.29 is 14.3 Å². The van der Waals surface area contributed by atoms with E-state index in [1.54, 1.807) is 28.8 Å². The molecule has 2 N–H and O–H groups in total. The molecular formula is C32H37N7O3. The first-order chi connectivity index (χ1) is 20.2. The molecule has 1 saturated heterocycles. The number of carbonyl (C=O) groups is 2. The van der Waals surface area contributed by atoms with Crippen molar-refractivity contribution in [2.24, 2.45) is 0 Å². The Balaban J connectivity index is 1.38. The first kappa shape index (κ1) is 28.9. The lowest BCUT2D eigenvalue weighted by Gasteiger charge is -2.28. The molecule has 0 aliphatic carbocycles. The molecule has 10 nitrogen and oxygen atoms in total. The quantitative estimate of drug-likeness (QED) is 0.274. The molecule has 1 fully saturated rings. The number of nitrogens with one attached hydrogen (secondary N) is 2. The van der Waals surface area contributed by atoms with Crippen LogP contribution in [0.25, 0.3) is 5.65 Å². The molecule has 5 rings (SSSR count). The van der Waals surface area contributed by atoms with Gasteiger partial charge < -0.3 is 20.3 Å². The molecule has 0 radical (unpaired) electrons. The van der Waals surface area contributed by atoms with Gasteiger partial charge in [-0.25, -0.2) is 4.52 Å². The summed E-state index contributed by atoms with van der Waals surface area (Å²) in [6, 6.07) is 13.0. The number of aromatic nitrogens is 4. The highest BCUT2D eigenvalue weighted by atomic mass is 16.5. The second-order valence-electron chi connectivity index (χ2n) is 11.1. The lowest BCUT2D eigenvalue weighted by Crippen LogP contribution is -2.36. The summed E-state index contributed by atoms with van der Waals surface area (Å²) in [5, 5.41) is 10.3. The molecule has 2 aromatic carbocycles. The van der Waals surface area contributed by atoms with Gasteiger partial charge in [-0.05, 0) is 86.3 Å². The van der Waals surface area contributed by atoms with Gasteiger partial charge in [0.25, 0.3) is 5.91 Å². The standard InChI is InChI=1S/C32H37N7O3/c1-6-29(40)34-24-9-7-23(8-10-24)31(41)35-25-16-21(4)15-22(17-25)18-28-36-32(42-26-11-13-38(5)14-12-26)37-30-27(20(2)3)19-33-39(28)30/h6-10,15-17,19-20,26H,1,11-14,18H2,2-5H3,(H,34,40)(H,35,41). The van der Waals surface area contributed by atoms with E-state index in [4.69, 9.17) is 14.7 Å². The van der Waals surface area contributed by atoms with E-state index < -0.39 is 0 Å². The van der Waals surface area contributed by atoms with E-state index in [0.29, 0.717) is 29.4 Å². The second kappa shape index (κ2) is 12.5. The molecule has 0 atom stereocenters. The van der Waals surface area contributed by atoms with Crippen molar-refractivity contribution in [1.82, 2.24) is 24.5 Å². The van der Waals surface area contributed by atoms with Gasteiger partial charge >= 0.3 is 6.01 Å². The predicted octanol–water partition coefficient (Wildman–Crippen LogP) is 5.00.